The molecule has 0 bridgehead atoms. The first kappa shape index (κ1) is 15.6. The maximum atomic E-state index is 12.9. The Morgan fingerprint density at radius 3 is 2.77 bits per heavy atom. The number of thioether (sulfide) groups is 1. The molecular weight excluding hydrogens is 317 g/mol. The van der Waals surface area contributed by atoms with E-state index in [1.165, 1.54) is 22.6 Å². The van der Waals surface area contributed by atoms with Gasteiger partial charge in [-0.25, -0.2) is 4.39 Å². The highest BCUT2D eigenvalue weighted by molar-refractivity contribution is 7.98. The molecule has 2 aromatic rings. The summed E-state index contributed by atoms with van der Waals surface area (Å²) in [5, 5.41) is 6.38. The Bertz CT molecular complexity index is 680. The van der Waals surface area contributed by atoms with Gasteiger partial charge >= 0.3 is 0 Å². The molecule has 0 saturated carbocycles. The summed E-state index contributed by atoms with van der Waals surface area (Å²) in [5.41, 5.74) is 3.19. The van der Waals surface area contributed by atoms with Gasteiger partial charge < -0.3 is 4.84 Å². The van der Waals surface area contributed by atoms with Crippen LogP contribution in [0.1, 0.15) is 29.3 Å². The Labute approximate surface area is 138 Å². The van der Waals surface area contributed by atoms with Crippen LogP contribution in [0.2, 0.25) is 0 Å². The maximum Gasteiger partial charge on any atom is 0.149 e. The van der Waals surface area contributed by atoms with E-state index < -0.39 is 0 Å². The molecule has 0 fully saturated rings. The lowest BCUT2D eigenvalue weighted by molar-refractivity contribution is 0.0163. The molecule has 0 radical (unpaired) electrons. The summed E-state index contributed by atoms with van der Waals surface area (Å²) >= 11 is 3.51. The lowest BCUT2D eigenvalue weighted by Crippen LogP contribution is -2.28. The van der Waals surface area contributed by atoms with Crippen LogP contribution in [0, 0.1) is 12.7 Å². The zero-order valence-electron chi connectivity index (χ0n) is 12.6. The van der Waals surface area contributed by atoms with Gasteiger partial charge in [0.05, 0.1) is 4.88 Å². The van der Waals surface area contributed by atoms with Crippen LogP contribution in [0.4, 0.5) is 4.39 Å². The molecule has 0 aliphatic carbocycles. The minimum Gasteiger partial charge on any atom is -0.388 e. The number of rotatable bonds is 5. The number of nitrogens with zero attached hydrogens (tertiary/aromatic N) is 1. The molecule has 2 nitrogen and oxygen atoms in total. The first-order valence-electron chi connectivity index (χ1n) is 7.17. The van der Waals surface area contributed by atoms with Crippen molar-refractivity contribution in [3.63, 3.8) is 0 Å². The van der Waals surface area contributed by atoms with Gasteiger partial charge in [0.1, 0.15) is 17.1 Å². The number of hydrogen-bond acceptors (Lipinski definition) is 4. The number of benzene rings is 1. The first-order chi connectivity index (χ1) is 10.6. The van der Waals surface area contributed by atoms with E-state index in [2.05, 4.69) is 30.4 Å². The van der Waals surface area contributed by atoms with Gasteiger partial charge in [-0.2, -0.15) is 11.8 Å². The number of thiophene rings is 1. The fourth-order valence-electron chi connectivity index (χ4n) is 2.42. The number of oxime groups is 1. The highest BCUT2D eigenvalue weighted by Gasteiger charge is 2.35. The van der Waals surface area contributed by atoms with Gasteiger partial charge in [0.25, 0.3) is 0 Å². The summed E-state index contributed by atoms with van der Waals surface area (Å²) in [6.07, 6.45) is 0.838. The third-order valence-electron chi connectivity index (χ3n) is 3.63. The molecular formula is C17H18FNOS2. The zero-order chi connectivity index (χ0) is 15.6. The Morgan fingerprint density at radius 2 is 2.09 bits per heavy atom. The second kappa shape index (κ2) is 6.42. The third kappa shape index (κ3) is 3.52. The average Bonchev–Trinajstić information content (AvgIpc) is 3.08. The molecule has 1 aromatic carbocycles. The van der Waals surface area contributed by atoms with Gasteiger partial charge in [-0.15, -0.1) is 11.3 Å². The third-order valence-corrected chi connectivity index (χ3v) is 6.05. The van der Waals surface area contributed by atoms with E-state index in [9.17, 15) is 4.39 Å². The van der Waals surface area contributed by atoms with Crippen LogP contribution >= 0.6 is 23.1 Å². The molecule has 0 N–H and O–H groups in total. The fraction of sp³-hybridized carbons (Fsp3) is 0.353. The van der Waals surface area contributed by atoms with Crippen LogP contribution in [0.3, 0.4) is 0 Å². The van der Waals surface area contributed by atoms with Crippen LogP contribution in [0.25, 0.3) is 0 Å². The molecule has 3 rings (SSSR count). The fourth-order valence-corrected chi connectivity index (χ4v) is 4.44. The zero-order valence-corrected chi connectivity index (χ0v) is 14.3. The van der Waals surface area contributed by atoms with E-state index in [1.54, 1.807) is 23.1 Å². The predicted molar refractivity (Wildman–Crippen MR) is 92.3 cm³/mol. The van der Waals surface area contributed by atoms with Gasteiger partial charge in [-0.1, -0.05) is 17.3 Å². The standard InChI is InChI=1S/C17H18FNOS2/c1-12-7-8-22-16(12)15-9-17(2,20-19-15)11-21-10-13-3-5-14(18)6-4-13/h3-8H,9-11H2,1-2H3. The van der Waals surface area contributed by atoms with Gasteiger partial charge in [0, 0.05) is 17.9 Å². The Kier molecular flexibility index (Phi) is 4.54. The van der Waals surface area contributed by atoms with Gasteiger partial charge in [-0.05, 0) is 48.6 Å². The molecule has 1 aliphatic rings. The first-order valence-corrected chi connectivity index (χ1v) is 9.21. The van der Waals surface area contributed by atoms with Crippen molar-refractivity contribution in [1.82, 2.24) is 0 Å². The molecule has 1 aromatic heterocycles. The van der Waals surface area contributed by atoms with E-state index in [0.717, 1.165) is 29.2 Å². The molecule has 1 aliphatic heterocycles. The molecule has 1 atom stereocenters. The largest absolute Gasteiger partial charge is 0.388 e. The van der Waals surface area contributed by atoms with E-state index >= 15 is 0 Å². The van der Waals surface area contributed by atoms with Crippen LogP contribution in [0.5, 0.6) is 0 Å². The van der Waals surface area contributed by atoms with Crippen molar-refractivity contribution in [1.29, 1.82) is 0 Å². The summed E-state index contributed by atoms with van der Waals surface area (Å²) in [5.74, 6) is 1.53. The van der Waals surface area contributed by atoms with E-state index in [-0.39, 0.29) is 11.4 Å². The molecule has 22 heavy (non-hydrogen) atoms. The van der Waals surface area contributed by atoms with Gasteiger partial charge in [0.2, 0.25) is 0 Å². The summed E-state index contributed by atoms with van der Waals surface area (Å²) in [4.78, 5) is 6.93. The van der Waals surface area contributed by atoms with Crippen molar-refractivity contribution in [3.05, 3.63) is 57.5 Å². The highest BCUT2D eigenvalue weighted by atomic mass is 32.2. The second-order valence-corrected chi connectivity index (χ2v) is 7.71. The topological polar surface area (TPSA) is 21.6 Å². The smallest absolute Gasteiger partial charge is 0.149 e. The molecule has 2 heterocycles. The van der Waals surface area contributed by atoms with Crippen molar-refractivity contribution in [2.24, 2.45) is 5.16 Å². The Morgan fingerprint density at radius 1 is 1.32 bits per heavy atom. The Balaban J connectivity index is 1.53. The van der Waals surface area contributed by atoms with Gasteiger partial charge in [0.15, 0.2) is 0 Å². The molecule has 0 spiro atoms. The van der Waals surface area contributed by atoms with E-state index in [0.29, 0.717) is 0 Å². The quantitative estimate of drug-likeness (QED) is 0.766. The van der Waals surface area contributed by atoms with Crippen molar-refractivity contribution in [3.8, 4) is 0 Å². The molecule has 5 heteroatoms. The van der Waals surface area contributed by atoms with Crippen molar-refractivity contribution < 1.29 is 9.23 Å². The van der Waals surface area contributed by atoms with Crippen LogP contribution in [-0.4, -0.2) is 17.1 Å². The molecule has 0 saturated heterocycles. The van der Waals surface area contributed by atoms with Crippen molar-refractivity contribution in [2.75, 3.05) is 5.75 Å². The minimum absolute atomic E-state index is 0.191. The molecule has 116 valence electrons. The number of aryl methyl sites for hydroxylation is 1. The minimum atomic E-state index is -0.254. The number of hydrogen-bond donors (Lipinski definition) is 0. The van der Waals surface area contributed by atoms with Crippen LogP contribution in [0.15, 0.2) is 40.9 Å². The van der Waals surface area contributed by atoms with Crippen molar-refractivity contribution in [2.45, 2.75) is 31.6 Å². The molecule has 0 amide bonds. The monoisotopic (exact) mass is 335 g/mol. The summed E-state index contributed by atoms with van der Waals surface area (Å²) in [6, 6.07) is 8.78. The predicted octanol–water partition coefficient (Wildman–Crippen LogP) is 5.01. The lowest BCUT2D eigenvalue weighted by Gasteiger charge is -2.20. The maximum absolute atomic E-state index is 12.9. The average molecular weight is 335 g/mol. The van der Waals surface area contributed by atoms with Crippen LogP contribution in [-0.2, 0) is 10.6 Å². The Hall–Kier alpha value is -1.33. The number of halogens is 1. The van der Waals surface area contributed by atoms with E-state index in [1.807, 2.05) is 12.1 Å². The van der Waals surface area contributed by atoms with Crippen LogP contribution < -0.4 is 0 Å². The lowest BCUT2D eigenvalue weighted by atomic mass is 10.0. The van der Waals surface area contributed by atoms with Gasteiger partial charge in [-0.3, -0.25) is 0 Å². The summed E-state index contributed by atoms with van der Waals surface area (Å²) < 4.78 is 12.9. The highest BCUT2D eigenvalue weighted by Crippen LogP contribution is 2.33. The normalized spacial score (nSPS) is 20.8. The summed E-state index contributed by atoms with van der Waals surface area (Å²) in [7, 11) is 0. The van der Waals surface area contributed by atoms with Crippen molar-refractivity contribution >= 4 is 28.8 Å². The van der Waals surface area contributed by atoms with E-state index in [4.69, 9.17) is 4.84 Å². The molecule has 1 unspecified atom stereocenters. The second-order valence-electron chi connectivity index (χ2n) is 5.81. The summed E-state index contributed by atoms with van der Waals surface area (Å²) in [6.45, 7) is 4.21. The SMILES string of the molecule is Cc1ccsc1C1=NOC(C)(CSCc2ccc(F)cc2)C1.